The van der Waals surface area contributed by atoms with Gasteiger partial charge < -0.3 is 14.8 Å². The molecule has 5 nitrogen and oxygen atoms in total. The quantitative estimate of drug-likeness (QED) is 0.598. The average molecular weight is 172 g/mol. The molecular weight excluding hydrogens is 160 g/mol. The van der Waals surface area contributed by atoms with Gasteiger partial charge in [0.25, 0.3) is 0 Å². The number of carboxylic acids is 1. The first-order chi connectivity index (χ1) is 5.68. The van der Waals surface area contributed by atoms with Crippen LogP contribution in [0.4, 0.5) is 0 Å². The van der Waals surface area contributed by atoms with Gasteiger partial charge in [0, 0.05) is 19.5 Å². The fourth-order valence-corrected chi connectivity index (χ4v) is 1.04. The minimum Gasteiger partial charge on any atom is -0.479 e. The Morgan fingerprint density at radius 3 is 3.08 bits per heavy atom. The smallest absolute Gasteiger partial charge is 0.344 e. The first kappa shape index (κ1) is 8.99. The summed E-state index contributed by atoms with van der Waals surface area (Å²) in [5.74, 6) is -0.995. The van der Waals surface area contributed by atoms with Gasteiger partial charge in [-0.1, -0.05) is 5.16 Å². The van der Waals surface area contributed by atoms with Gasteiger partial charge in [0.2, 0.25) is 6.61 Å². The van der Waals surface area contributed by atoms with Crippen LogP contribution in [-0.2, 0) is 9.63 Å². The van der Waals surface area contributed by atoms with Crippen molar-refractivity contribution in [2.75, 3.05) is 26.7 Å². The van der Waals surface area contributed by atoms with Gasteiger partial charge in [-0.05, 0) is 7.05 Å². The van der Waals surface area contributed by atoms with E-state index in [0.29, 0.717) is 0 Å². The van der Waals surface area contributed by atoms with Crippen LogP contribution in [0.15, 0.2) is 5.16 Å². The van der Waals surface area contributed by atoms with Crippen LogP contribution in [0.2, 0.25) is 0 Å². The van der Waals surface area contributed by atoms with Gasteiger partial charge in [0.15, 0.2) is 0 Å². The van der Waals surface area contributed by atoms with Crippen LogP contribution in [0.5, 0.6) is 0 Å². The van der Waals surface area contributed by atoms with Gasteiger partial charge in [-0.3, -0.25) is 0 Å². The minimum absolute atomic E-state index is 0.354. The second-order valence-corrected chi connectivity index (χ2v) is 2.81. The second-order valence-electron chi connectivity index (χ2n) is 2.81. The highest BCUT2D eigenvalue weighted by atomic mass is 16.6. The number of hydrogen-bond donors (Lipinski definition) is 1. The summed E-state index contributed by atoms with van der Waals surface area (Å²) >= 11 is 0. The van der Waals surface area contributed by atoms with Crippen molar-refractivity contribution in [1.29, 1.82) is 0 Å². The third-order valence-corrected chi connectivity index (χ3v) is 1.62. The Hall–Kier alpha value is -1.10. The molecule has 1 aliphatic rings. The summed E-state index contributed by atoms with van der Waals surface area (Å²) in [6.45, 7) is 1.39. The van der Waals surface area contributed by atoms with Crippen molar-refractivity contribution in [2.45, 2.75) is 6.42 Å². The van der Waals surface area contributed by atoms with E-state index in [4.69, 9.17) is 5.11 Å². The zero-order valence-corrected chi connectivity index (χ0v) is 6.99. The van der Waals surface area contributed by atoms with Crippen molar-refractivity contribution < 1.29 is 14.7 Å². The average Bonchev–Trinajstić information content (AvgIpc) is 2.35. The summed E-state index contributed by atoms with van der Waals surface area (Å²) in [6.07, 6.45) is 0.871. The molecule has 0 radical (unpaired) electrons. The summed E-state index contributed by atoms with van der Waals surface area (Å²) in [5.41, 5.74) is 0.916. The highest BCUT2D eigenvalue weighted by Crippen LogP contribution is 2.02. The van der Waals surface area contributed by atoms with Crippen LogP contribution in [0.3, 0.4) is 0 Å². The molecule has 1 heterocycles. The Labute approximate surface area is 70.6 Å². The largest absolute Gasteiger partial charge is 0.479 e. The van der Waals surface area contributed by atoms with E-state index in [0.717, 1.165) is 25.2 Å². The van der Waals surface area contributed by atoms with E-state index in [1.54, 1.807) is 0 Å². The normalized spacial score (nSPS) is 21.6. The Kier molecular flexibility index (Phi) is 3.04. The lowest BCUT2D eigenvalue weighted by molar-refractivity contribution is -0.142. The maximum absolute atomic E-state index is 10.0. The summed E-state index contributed by atoms with van der Waals surface area (Å²) in [4.78, 5) is 16.7. The molecule has 0 aromatic carbocycles. The molecule has 1 N–H and O–H groups in total. The van der Waals surface area contributed by atoms with E-state index in [-0.39, 0.29) is 6.61 Å². The number of nitrogens with zero attached hydrogens (tertiary/aromatic N) is 2. The van der Waals surface area contributed by atoms with Crippen molar-refractivity contribution in [2.24, 2.45) is 5.16 Å². The summed E-state index contributed by atoms with van der Waals surface area (Å²) in [7, 11) is 1.99. The van der Waals surface area contributed by atoms with Gasteiger partial charge >= 0.3 is 5.97 Å². The molecule has 0 spiro atoms. The van der Waals surface area contributed by atoms with E-state index < -0.39 is 5.97 Å². The molecule has 12 heavy (non-hydrogen) atoms. The lowest BCUT2D eigenvalue weighted by Gasteiger charge is -2.01. The third-order valence-electron chi connectivity index (χ3n) is 1.62. The minimum atomic E-state index is -0.995. The molecule has 0 unspecified atom stereocenters. The van der Waals surface area contributed by atoms with Crippen molar-refractivity contribution in [3.05, 3.63) is 0 Å². The lowest BCUT2D eigenvalue weighted by atomic mass is 10.3. The molecule has 1 saturated heterocycles. The second kappa shape index (κ2) is 4.06. The predicted octanol–water partition coefficient (Wildman–Crippen LogP) is -0.221. The zero-order valence-electron chi connectivity index (χ0n) is 6.99. The molecule has 0 amide bonds. The van der Waals surface area contributed by atoms with Crippen LogP contribution in [0, 0.1) is 0 Å². The standard InChI is InChI=1S/C7H12N2O3/c1-9-3-2-6(4-9)8-12-5-7(10)11/h2-5H2,1H3,(H,10,11). The molecule has 0 atom stereocenters. The Bertz CT molecular complexity index is 203. The number of carboxylic acid groups (broad SMARTS) is 1. The van der Waals surface area contributed by atoms with Crippen molar-refractivity contribution in [3.8, 4) is 0 Å². The number of rotatable bonds is 3. The summed E-state index contributed by atoms with van der Waals surface area (Å²) < 4.78 is 0. The Morgan fingerprint density at radius 1 is 1.83 bits per heavy atom. The molecule has 0 bridgehead atoms. The molecule has 0 aliphatic carbocycles. The summed E-state index contributed by atoms with van der Waals surface area (Å²) in [6, 6.07) is 0. The topological polar surface area (TPSA) is 62.1 Å². The van der Waals surface area contributed by atoms with Gasteiger partial charge in [0.05, 0.1) is 5.71 Å². The van der Waals surface area contributed by atoms with Crippen LogP contribution < -0.4 is 0 Å². The number of likely N-dealkylation sites (tertiary alicyclic amines) is 1. The number of oxime groups is 1. The summed E-state index contributed by atoms with van der Waals surface area (Å²) in [5, 5.41) is 11.9. The lowest BCUT2D eigenvalue weighted by Crippen LogP contribution is -2.14. The zero-order chi connectivity index (χ0) is 8.97. The first-order valence-corrected chi connectivity index (χ1v) is 3.76. The Morgan fingerprint density at radius 2 is 2.58 bits per heavy atom. The van der Waals surface area contributed by atoms with Gasteiger partial charge in [0.1, 0.15) is 0 Å². The maximum Gasteiger partial charge on any atom is 0.344 e. The van der Waals surface area contributed by atoms with Gasteiger partial charge in [-0.25, -0.2) is 4.79 Å². The molecule has 0 aromatic rings. The maximum atomic E-state index is 10.0. The highest BCUT2D eigenvalue weighted by Gasteiger charge is 2.13. The van der Waals surface area contributed by atoms with Crippen molar-refractivity contribution in [1.82, 2.24) is 4.90 Å². The van der Waals surface area contributed by atoms with E-state index in [2.05, 4.69) is 14.9 Å². The fraction of sp³-hybridized carbons (Fsp3) is 0.714. The molecule has 0 aromatic heterocycles. The molecule has 1 aliphatic heterocycles. The van der Waals surface area contributed by atoms with Crippen LogP contribution in [0.1, 0.15) is 6.42 Å². The number of carbonyl (C=O) groups is 1. The fourth-order valence-electron chi connectivity index (χ4n) is 1.04. The molecule has 1 fully saturated rings. The molecule has 1 rings (SSSR count). The Balaban J connectivity index is 2.23. The molecule has 5 heteroatoms. The molecular formula is C7H12N2O3. The first-order valence-electron chi connectivity index (χ1n) is 3.76. The third kappa shape index (κ3) is 2.87. The van der Waals surface area contributed by atoms with Crippen LogP contribution >= 0.6 is 0 Å². The van der Waals surface area contributed by atoms with Gasteiger partial charge in [-0.15, -0.1) is 0 Å². The van der Waals surface area contributed by atoms with E-state index in [1.807, 2.05) is 7.05 Å². The number of hydrogen-bond acceptors (Lipinski definition) is 4. The molecule has 68 valence electrons. The van der Waals surface area contributed by atoms with Crippen molar-refractivity contribution >= 4 is 11.7 Å². The van der Waals surface area contributed by atoms with Gasteiger partial charge in [-0.2, -0.15) is 0 Å². The highest BCUT2D eigenvalue weighted by molar-refractivity contribution is 5.87. The molecule has 0 saturated carbocycles. The SMILES string of the molecule is CN1CCC(=NOCC(=O)O)C1. The number of aliphatic carboxylic acids is 1. The van der Waals surface area contributed by atoms with E-state index >= 15 is 0 Å². The van der Waals surface area contributed by atoms with Crippen molar-refractivity contribution in [3.63, 3.8) is 0 Å². The predicted molar refractivity (Wildman–Crippen MR) is 43.1 cm³/mol. The van der Waals surface area contributed by atoms with Crippen LogP contribution in [0.25, 0.3) is 0 Å². The van der Waals surface area contributed by atoms with E-state index in [9.17, 15) is 4.79 Å². The van der Waals surface area contributed by atoms with E-state index in [1.165, 1.54) is 0 Å². The monoisotopic (exact) mass is 172 g/mol. The van der Waals surface area contributed by atoms with Crippen LogP contribution in [-0.4, -0.2) is 48.4 Å².